The summed E-state index contributed by atoms with van der Waals surface area (Å²) in [5, 5.41) is 9.56. The maximum absolute atomic E-state index is 11.8. The average molecular weight is 336 g/mol. The Bertz CT molecular complexity index is 789. The van der Waals surface area contributed by atoms with Gasteiger partial charge in [0.25, 0.3) is 5.91 Å². The van der Waals surface area contributed by atoms with E-state index in [-0.39, 0.29) is 28.6 Å². The molecule has 0 aromatic carbocycles. The molecule has 0 spiro atoms. The molecule has 0 saturated heterocycles. The number of sulfone groups is 1. The summed E-state index contributed by atoms with van der Waals surface area (Å²) in [6.45, 7) is 1.23. The van der Waals surface area contributed by atoms with Crippen molar-refractivity contribution < 1.29 is 18.3 Å². The lowest BCUT2D eigenvalue weighted by Crippen LogP contribution is -2.16. The quantitative estimate of drug-likeness (QED) is 0.751. The summed E-state index contributed by atoms with van der Waals surface area (Å²) < 4.78 is 23.5. The number of aliphatic hydroxyl groups is 1. The highest BCUT2D eigenvalue weighted by Gasteiger charge is 2.20. The Morgan fingerprint density at radius 3 is 2.30 bits per heavy atom. The van der Waals surface area contributed by atoms with E-state index in [1.807, 2.05) is 0 Å². The van der Waals surface area contributed by atoms with Crippen LogP contribution in [-0.4, -0.2) is 46.7 Å². The number of rotatable bonds is 6. The average Bonchev–Trinajstić information content (AvgIpc) is 2.56. The first-order chi connectivity index (χ1) is 10.9. The molecular weight excluding hydrogens is 320 g/mol. The fraction of sp³-hybridized carbons (Fsp3) is 0.286. The van der Waals surface area contributed by atoms with E-state index in [4.69, 9.17) is 5.73 Å². The molecule has 122 valence electrons. The molecule has 0 fully saturated rings. The smallest absolute Gasteiger partial charge is 0.251 e. The van der Waals surface area contributed by atoms with Crippen LogP contribution in [0.15, 0.2) is 35.6 Å². The Kier molecular flexibility index (Phi) is 5.02. The van der Waals surface area contributed by atoms with Gasteiger partial charge in [0, 0.05) is 18.6 Å². The Hall–Kier alpha value is -2.39. The van der Waals surface area contributed by atoms with Gasteiger partial charge in [-0.15, -0.1) is 0 Å². The van der Waals surface area contributed by atoms with E-state index in [9.17, 15) is 18.3 Å². The SMILES string of the molecule is CCS(=O)(=O)c1ccc([C@@H](CO)c2ncc(C(N)=O)cn2)nc1. The fourth-order valence-electron chi connectivity index (χ4n) is 1.90. The lowest BCUT2D eigenvalue weighted by Gasteiger charge is -2.12. The van der Waals surface area contributed by atoms with Gasteiger partial charge >= 0.3 is 0 Å². The minimum Gasteiger partial charge on any atom is -0.395 e. The summed E-state index contributed by atoms with van der Waals surface area (Å²) in [4.78, 5) is 23.2. The molecular formula is C14H16N4O4S. The van der Waals surface area contributed by atoms with Crippen LogP contribution in [0.25, 0.3) is 0 Å². The molecule has 8 nitrogen and oxygen atoms in total. The molecule has 2 heterocycles. The van der Waals surface area contributed by atoms with Gasteiger partial charge in [0.05, 0.1) is 34.4 Å². The van der Waals surface area contributed by atoms with Crippen LogP contribution in [0, 0.1) is 0 Å². The third-order valence-corrected chi connectivity index (χ3v) is 5.03. The molecule has 0 aliphatic carbocycles. The van der Waals surface area contributed by atoms with Crippen molar-refractivity contribution in [2.75, 3.05) is 12.4 Å². The zero-order valence-corrected chi connectivity index (χ0v) is 13.2. The molecule has 3 N–H and O–H groups in total. The van der Waals surface area contributed by atoms with E-state index in [2.05, 4.69) is 15.0 Å². The number of primary amides is 1. The summed E-state index contributed by atoms with van der Waals surface area (Å²) in [5.41, 5.74) is 5.70. The number of aromatic nitrogens is 3. The second kappa shape index (κ2) is 6.80. The fourth-order valence-corrected chi connectivity index (χ4v) is 2.72. The highest BCUT2D eigenvalue weighted by molar-refractivity contribution is 7.91. The lowest BCUT2D eigenvalue weighted by molar-refractivity contribution is 0.0999. The number of nitrogens with two attached hydrogens (primary N) is 1. The second-order valence-electron chi connectivity index (χ2n) is 4.75. The van der Waals surface area contributed by atoms with Crippen LogP contribution in [0.1, 0.15) is 34.7 Å². The van der Waals surface area contributed by atoms with Gasteiger partial charge < -0.3 is 10.8 Å². The van der Waals surface area contributed by atoms with Crippen molar-refractivity contribution in [1.82, 2.24) is 15.0 Å². The van der Waals surface area contributed by atoms with Crippen molar-refractivity contribution in [3.05, 3.63) is 47.8 Å². The third-order valence-electron chi connectivity index (χ3n) is 3.31. The summed E-state index contributed by atoms with van der Waals surface area (Å²) in [5.74, 6) is -1.04. The van der Waals surface area contributed by atoms with E-state index in [0.717, 1.165) is 0 Å². The summed E-state index contributed by atoms with van der Waals surface area (Å²) in [7, 11) is -3.33. The minimum atomic E-state index is -3.33. The largest absolute Gasteiger partial charge is 0.395 e. The van der Waals surface area contributed by atoms with Gasteiger partial charge in [-0.2, -0.15) is 0 Å². The lowest BCUT2D eigenvalue weighted by atomic mass is 10.0. The van der Waals surface area contributed by atoms with Gasteiger partial charge in [0.15, 0.2) is 9.84 Å². The van der Waals surface area contributed by atoms with Crippen LogP contribution < -0.4 is 5.73 Å². The predicted molar refractivity (Wildman–Crippen MR) is 81.4 cm³/mol. The van der Waals surface area contributed by atoms with Gasteiger partial charge in [-0.25, -0.2) is 18.4 Å². The monoisotopic (exact) mass is 336 g/mol. The van der Waals surface area contributed by atoms with E-state index < -0.39 is 21.7 Å². The van der Waals surface area contributed by atoms with Gasteiger partial charge in [0.1, 0.15) is 5.82 Å². The van der Waals surface area contributed by atoms with Crippen molar-refractivity contribution in [3.8, 4) is 0 Å². The van der Waals surface area contributed by atoms with Crippen LogP contribution >= 0.6 is 0 Å². The Morgan fingerprint density at radius 1 is 1.22 bits per heavy atom. The molecule has 2 rings (SSSR count). The van der Waals surface area contributed by atoms with Crippen LogP contribution in [0.3, 0.4) is 0 Å². The van der Waals surface area contributed by atoms with Crippen molar-refractivity contribution >= 4 is 15.7 Å². The summed E-state index contributed by atoms with van der Waals surface area (Å²) in [6.07, 6.45) is 3.78. The molecule has 0 saturated carbocycles. The van der Waals surface area contributed by atoms with Crippen molar-refractivity contribution in [2.45, 2.75) is 17.7 Å². The van der Waals surface area contributed by atoms with Crippen LogP contribution in [0.2, 0.25) is 0 Å². The van der Waals surface area contributed by atoms with E-state index in [0.29, 0.717) is 5.69 Å². The molecule has 0 bridgehead atoms. The Balaban J connectivity index is 2.32. The highest BCUT2D eigenvalue weighted by Crippen LogP contribution is 2.20. The molecule has 2 aromatic heterocycles. The van der Waals surface area contributed by atoms with Crippen molar-refractivity contribution in [2.24, 2.45) is 5.73 Å². The maximum atomic E-state index is 11.8. The Labute approximate surface area is 133 Å². The van der Waals surface area contributed by atoms with E-state index in [1.54, 1.807) is 6.92 Å². The molecule has 9 heteroatoms. The molecule has 0 aliphatic heterocycles. The third kappa shape index (κ3) is 3.69. The highest BCUT2D eigenvalue weighted by atomic mass is 32.2. The second-order valence-corrected chi connectivity index (χ2v) is 7.03. The number of hydrogen-bond donors (Lipinski definition) is 2. The van der Waals surface area contributed by atoms with Gasteiger partial charge in [-0.3, -0.25) is 9.78 Å². The standard InChI is InChI=1S/C14H16N4O4S/c1-2-23(21,22)10-3-4-12(16-7-10)11(8-19)14-17-5-9(6-18-14)13(15)20/h3-7,11,19H,2,8H2,1H3,(H2,15,20)/t11-/m1/s1. The first-order valence-corrected chi connectivity index (χ1v) is 8.45. The normalized spacial score (nSPS) is 12.8. The first-order valence-electron chi connectivity index (χ1n) is 6.80. The number of amides is 1. The molecule has 0 aliphatic rings. The topological polar surface area (TPSA) is 136 Å². The van der Waals surface area contributed by atoms with Gasteiger partial charge in [-0.1, -0.05) is 6.92 Å². The Morgan fingerprint density at radius 2 is 1.87 bits per heavy atom. The summed E-state index contributed by atoms with van der Waals surface area (Å²) in [6, 6.07) is 2.94. The van der Waals surface area contributed by atoms with Crippen LogP contribution in [0.4, 0.5) is 0 Å². The zero-order valence-electron chi connectivity index (χ0n) is 12.4. The van der Waals surface area contributed by atoms with Crippen LogP contribution in [-0.2, 0) is 9.84 Å². The molecule has 2 aromatic rings. The molecule has 1 amide bonds. The summed E-state index contributed by atoms with van der Waals surface area (Å²) >= 11 is 0. The first kappa shape index (κ1) is 17.0. The number of aliphatic hydroxyl groups excluding tert-OH is 1. The predicted octanol–water partition coefficient (Wildman–Crippen LogP) is -0.112. The van der Waals surface area contributed by atoms with Crippen molar-refractivity contribution in [1.29, 1.82) is 0 Å². The van der Waals surface area contributed by atoms with Crippen molar-refractivity contribution in [3.63, 3.8) is 0 Å². The van der Waals surface area contributed by atoms with Gasteiger partial charge in [0.2, 0.25) is 0 Å². The molecule has 23 heavy (non-hydrogen) atoms. The number of pyridine rings is 1. The molecule has 0 radical (unpaired) electrons. The number of hydrogen-bond acceptors (Lipinski definition) is 7. The molecule has 0 unspecified atom stereocenters. The zero-order chi connectivity index (χ0) is 17.0. The van der Waals surface area contributed by atoms with E-state index >= 15 is 0 Å². The minimum absolute atomic E-state index is 0.0187. The van der Waals surface area contributed by atoms with Gasteiger partial charge in [-0.05, 0) is 12.1 Å². The maximum Gasteiger partial charge on any atom is 0.251 e. The number of nitrogens with zero attached hydrogens (tertiary/aromatic N) is 3. The van der Waals surface area contributed by atoms with Crippen LogP contribution in [0.5, 0.6) is 0 Å². The molecule has 1 atom stereocenters. The number of carbonyl (C=O) groups is 1. The van der Waals surface area contributed by atoms with E-state index in [1.165, 1.54) is 30.7 Å². The number of carbonyl (C=O) groups excluding carboxylic acids is 1.